The van der Waals surface area contributed by atoms with Gasteiger partial charge in [0, 0.05) is 22.3 Å². The molecule has 4 heteroatoms. The van der Waals surface area contributed by atoms with E-state index >= 15 is 0 Å². The highest BCUT2D eigenvalue weighted by Gasteiger charge is 2.20. The smallest absolute Gasteiger partial charge is 0.121 e. The number of hydrogen-bond donors (Lipinski definition) is 0. The Labute approximate surface area is 197 Å². The SMILES string of the molecule is c1ccc(-c2nc3c(-c4ccccc4)nnc(-c4ccccc4)c3nc2-c2ccccc2)cc1. The molecule has 0 saturated heterocycles. The minimum Gasteiger partial charge on any atom is -0.241 e. The molecule has 4 aromatic carbocycles. The third kappa shape index (κ3) is 3.61. The molecule has 6 rings (SSSR count). The highest BCUT2D eigenvalue weighted by Crippen LogP contribution is 2.36. The summed E-state index contributed by atoms with van der Waals surface area (Å²) in [6.07, 6.45) is 0. The van der Waals surface area contributed by atoms with E-state index in [0.29, 0.717) is 0 Å². The van der Waals surface area contributed by atoms with Gasteiger partial charge in [-0.1, -0.05) is 121 Å². The maximum atomic E-state index is 5.22. The Balaban J connectivity index is 1.73. The summed E-state index contributed by atoms with van der Waals surface area (Å²) in [5.41, 5.74) is 8.49. The second-order valence-corrected chi connectivity index (χ2v) is 7.98. The minimum absolute atomic E-state index is 0.722. The van der Waals surface area contributed by atoms with E-state index in [4.69, 9.17) is 9.97 Å². The molecule has 0 spiro atoms. The predicted octanol–water partition coefficient (Wildman–Crippen LogP) is 7.09. The largest absolute Gasteiger partial charge is 0.241 e. The maximum Gasteiger partial charge on any atom is 0.121 e. The van der Waals surface area contributed by atoms with E-state index in [1.807, 2.05) is 97.1 Å². The molecule has 0 aliphatic rings. The van der Waals surface area contributed by atoms with Crippen molar-refractivity contribution in [3.05, 3.63) is 121 Å². The summed E-state index contributed by atoms with van der Waals surface area (Å²) in [5.74, 6) is 0. The molecular weight excluding hydrogens is 416 g/mol. The first-order valence-electron chi connectivity index (χ1n) is 11.2. The molecule has 0 atom stereocenters. The van der Waals surface area contributed by atoms with Crippen LogP contribution in [0.3, 0.4) is 0 Å². The molecule has 4 nitrogen and oxygen atoms in total. The van der Waals surface area contributed by atoms with E-state index in [9.17, 15) is 0 Å². The van der Waals surface area contributed by atoms with Gasteiger partial charge in [0.1, 0.15) is 22.4 Å². The Morgan fingerprint density at radius 3 is 0.853 bits per heavy atom. The molecule has 0 radical (unpaired) electrons. The van der Waals surface area contributed by atoms with Crippen molar-refractivity contribution in [2.24, 2.45) is 0 Å². The molecule has 0 saturated carbocycles. The third-order valence-corrected chi connectivity index (χ3v) is 5.78. The van der Waals surface area contributed by atoms with Gasteiger partial charge in [-0.25, -0.2) is 9.97 Å². The highest BCUT2D eigenvalue weighted by atomic mass is 15.1. The fourth-order valence-corrected chi connectivity index (χ4v) is 4.14. The number of hydrogen-bond acceptors (Lipinski definition) is 4. The quantitative estimate of drug-likeness (QED) is 0.296. The van der Waals surface area contributed by atoms with E-state index in [1.165, 1.54) is 0 Å². The zero-order chi connectivity index (χ0) is 22.7. The highest BCUT2D eigenvalue weighted by molar-refractivity contribution is 5.99. The number of fused-ring (bicyclic) bond motifs is 1. The van der Waals surface area contributed by atoms with Crippen molar-refractivity contribution < 1.29 is 0 Å². The minimum atomic E-state index is 0.722. The fourth-order valence-electron chi connectivity index (χ4n) is 4.14. The molecule has 6 aromatic rings. The van der Waals surface area contributed by atoms with Crippen LogP contribution >= 0.6 is 0 Å². The van der Waals surface area contributed by atoms with Crippen LogP contribution in [0.5, 0.6) is 0 Å². The summed E-state index contributed by atoms with van der Waals surface area (Å²) in [6.45, 7) is 0. The van der Waals surface area contributed by atoms with Gasteiger partial charge in [0.05, 0.1) is 11.4 Å². The van der Waals surface area contributed by atoms with Crippen LogP contribution < -0.4 is 0 Å². The van der Waals surface area contributed by atoms with Gasteiger partial charge in [-0.15, -0.1) is 10.2 Å². The van der Waals surface area contributed by atoms with Crippen LogP contribution in [-0.2, 0) is 0 Å². The number of benzene rings is 4. The lowest BCUT2D eigenvalue weighted by Crippen LogP contribution is -2.02. The first-order valence-corrected chi connectivity index (χ1v) is 11.2. The van der Waals surface area contributed by atoms with E-state index in [1.54, 1.807) is 0 Å². The molecule has 0 aliphatic carbocycles. The van der Waals surface area contributed by atoms with E-state index in [0.717, 1.165) is 56.1 Å². The molecule has 2 aromatic heterocycles. The van der Waals surface area contributed by atoms with Crippen molar-refractivity contribution >= 4 is 11.0 Å². The van der Waals surface area contributed by atoms with Crippen LogP contribution in [0.1, 0.15) is 0 Å². The molecule has 160 valence electrons. The Hall–Kier alpha value is -4.70. The second kappa shape index (κ2) is 8.68. The average Bonchev–Trinajstić information content (AvgIpc) is 2.93. The molecule has 2 heterocycles. The topological polar surface area (TPSA) is 51.6 Å². The van der Waals surface area contributed by atoms with E-state index in [2.05, 4.69) is 34.5 Å². The summed E-state index contributed by atoms with van der Waals surface area (Å²) >= 11 is 0. The van der Waals surface area contributed by atoms with Gasteiger partial charge < -0.3 is 0 Å². The van der Waals surface area contributed by atoms with Crippen LogP contribution in [-0.4, -0.2) is 20.2 Å². The van der Waals surface area contributed by atoms with E-state index < -0.39 is 0 Å². The summed E-state index contributed by atoms with van der Waals surface area (Å²) in [4.78, 5) is 10.4. The fraction of sp³-hybridized carbons (Fsp3) is 0. The standard InChI is InChI=1S/C30H20N4/c1-5-13-21(14-6-1)25-26(22-15-7-2-8-16-22)32-30-28(24-19-11-4-12-20-24)34-33-27(29(30)31-25)23-17-9-3-10-18-23/h1-20H. The van der Waals surface area contributed by atoms with Crippen molar-refractivity contribution in [3.8, 4) is 45.0 Å². The molecule has 0 aliphatic heterocycles. The van der Waals surface area contributed by atoms with Gasteiger partial charge in [0.2, 0.25) is 0 Å². The summed E-state index contributed by atoms with van der Waals surface area (Å²) in [7, 11) is 0. The van der Waals surface area contributed by atoms with Crippen molar-refractivity contribution in [3.63, 3.8) is 0 Å². The summed E-state index contributed by atoms with van der Waals surface area (Å²) in [5, 5.41) is 9.28. The first kappa shape index (κ1) is 19.9. The summed E-state index contributed by atoms with van der Waals surface area (Å²) in [6, 6.07) is 40.5. The number of aromatic nitrogens is 4. The number of rotatable bonds is 4. The van der Waals surface area contributed by atoms with Crippen molar-refractivity contribution in [1.29, 1.82) is 0 Å². The van der Waals surface area contributed by atoms with Gasteiger partial charge in [-0.2, -0.15) is 0 Å². The molecule has 0 amide bonds. The van der Waals surface area contributed by atoms with Gasteiger partial charge in [0.15, 0.2) is 0 Å². The Morgan fingerprint density at radius 2 is 0.559 bits per heavy atom. The normalized spacial score (nSPS) is 10.9. The van der Waals surface area contributed by atoms with Gasteiger partial charge in [-0.3, -0.25) is 0 Å². The van der Waals surface area contributed by atoms with Crippen molar-refractivity contribution in [2.45, 2.75) is 0 Å². The van der Waals surface area contributed by atoms with E-state index in [-0.39, 0.29) is 0 Å². The zero-order valence-corrected chi connectivity index (χ0v) is 18.3. The summed E-state index contributed by atoms with van der Waals surface area (Å²) < 4.78 is 0. The van der Waals surface area contributed by atoms with Gasteiger partial charge >= 0.3 is 0 Å². The van der Waals surface area contributed by atoms with Crippen LogP contribution in [0.4, 0.5) is 0 Å². The van der Waals surface area contributed by atoms with Gasteiger partial charge in [0.25, 0.3) is 0 Å². The maximum absolute atomic E-state index is 5.22. The molecule has 0 unspecified atom stereocenters. The Kier molecular flexibility index (Phi) is 5.09. The molecule has 0 bridgehead atoms. The first-order chi connectivity index (χ1) is 16.9. The lowest BCUT2D eigenvalue weighted by molar-refractivity contribution is 1.05. The third-order valence-electron chi connectivity index (χ3n) is 5.78. The van der Waals surface area contributed by atoms with Crippen LogP contribution in [0.15, 0.2) is 121 Å². The predicted molar refractivity (Wildman–Crippen MR) is 137 cm³/mol. The molecular formula is C30H20N4. The Morgan fingerprint density at radius 1 is 0.294 bits per heavy atom. The lowest BCUT2D eigenvalue weighted by Gasteiger charge is -2.14. The zero-order valence-electron chi connectivity index (χ0n) is 18.3. The van der Waals surface area contributed by atoms with Crippen molar-refractivity contribution in [1.82, 2.24) is 20.2 Å². The van der Waals surface area contributed by atoms with Crippen LogP contribution in [0.25, 0.3) is 56.1 Å². The molecule has 0 N–H and O–H groups in total. The number of nitrogens with zero attached hydrogens (tertiary/aromatic N) is 4. The van der Waals surface area contributed by atoms with Crippen molar-refractivity contribution in [2.75, 3.05) is 0 Å². The Bertz CT molecular complexity index is 1450. The lowest BCUT2D eigenvalue weighted by atomic mass is 10.0. The van der Waals surface area contributed by atoms with Crippen LogP contribution in [0.2, 0.25) is 0 Å². The van der Waals surface area contributed by atoms with Crippen LogP contribution in [0, 0.1) is 0 Å². The second-order valence-electron chi connectivity index (χ2n) is 7.98. The molecule has 0 fully saturated rings. The monoisotopic (exact) mass is 436 g/mol. The average molecular weight is 437 g/mol. The van der Waals surface area contributed by atoms with Gasteiger partial charge in [-0.05, 0) is 0 Å². The molecule has 34 heavy (non-hydrogen) atoms.